The second-order valence-electron chi connectivity index (χ2n) is 3.97. The molecule has 1 atom stereocenters. The Hall–Kier alpha value is -1.48. The van der Waals surface area contributed by atoms with Gasteiger partial charge in [0.1, 0.15) is 0 Å². The Morgan fingerprint density at radius 2 is 2.12 bits per heavy atom. The van der Waals surface area contributed by atoms with E-state index >= 15 is 0 Å². The van der Waals surface area contributed by atoms with Gasteiger partial charge in [0.15, 0.2) is 0 Å². The van der Waals surface area contributed by atoms with Crippen LogP contribution in [0, 0.1) is 6.92 Å². The third-order valence-electron chi connectivity index (χ3n) is 2.55. The van der Waals surface area contributed by atoms with Crippen LogP contribution in [-0.4, -0.2) is 0 Å². The molecule has 0 aliphatic carbocycles. The van der Waals surface area contributed by atoms with Crippen LogP contribution in [0.15, 0.2) is 35.7 Å². The molecule has 0 radical (unpaired) electrons. The van der Waals surface area contributed by atoms with Crippen molar-refractivity contribution in [2.45, 2.75) is 19.9 Å². The Balaban J connectivity index is 2.17. The molecule has 1 aromatic carbocycles. The average Bonchev–Trinajstić information content (AvgIpc) is 2.76. The fraction of sp³-hybridized carbons (Fsp3) is 0.231. The molecule has 0 saturated carbocycles. The summed E-state index contributed by atoms with van der Waals surface area (Å²) in [5, 5.41) is 5.53. The van der Waals surface area contributed by atoms with Gasteiger partial charge in [-0.3, -0.25) is 0 Å². The fourth-order valence-corrected chi connectivity index (χ4v) is 2.37. The molecule has 0 fully saturated rings. The van der Waals surface area contributed by atoms with E-state index in [9.17, 15) is 0 Å². The molecule has 84 valence electrons. The van der Waals surface area contributed by atoms with Crippen LogP contribution >= 0.6 is 11.3 Å². The van der Waals surface area contributed by atoms with Crippen LogP contribution in [0.4, 0.5) is 11.4 Å². The van der Waals surface area contributed by atoms with E-state index in [1.54, 1.807) is 11.3 Å². The van der Waals surface area contributed by atoms with E-state index in [2.05, 4.69) is 42.7 Å². The largest absolute Gasteiger partial charge is 0.397 e. The van der Waals surface area contributed by atoms with Gasteiger partial charge in [-0.15, -0.1) is 11.3 Å². The number of nitrogens with two attached hydrogens (primary N) is 1. The average molecular weight is 232 g/mol. The summed E-state index contributed by atoms with van der Waals surface area (Å²) in [6.07, 6.45) is 0. The Morgan fingerprint density at radius 1 is 1.31 bits per heavy atom. The number of nitrogen functional groups attached to an aromatic ring is 1. The Labute approximate surface area is 100 Å². The fourth-order valence-electron chi connectivity index (χ4n) is 1.64. The molecule has 2 nitrogen and oxygen atoms in total. The van der Waals surface area contributed by atoms with Crippen LogP contribution in [0.1, 0.15) is 23.4 Å². The van der Waals surface area contributed by atoms with Gasteiger partial charge in [0.05, 0.1) is 17.4 Å². The topological polar surface area (TPSA) is 38.0 Å². The van der Waals surface area contributed by atoms with E-state index in [4.69, 9.17) is 5.73 Å². The normalized spacial score (nSPS) is 12.4. The van der Waals surface area contributed by atoms with Gasteiger partial charge in [0.2, 0.25) is 0 Å². The maximum atomic E-state index is 5.93. The molecule has 1 heterocycles. The highest BCUT2D eigenvalue weighted by molar-refractivity contribution is 7.10. The Morgan fingerprint density at radius 3 is 2.81 bits per heavy atom. The molecule has 3 heteroatoms. The van der Waals surface area contributed by atoms with Crippen molar-refractivity contribution in [3.05, 3.63) is 46.2 Å². The van der Waals surface area contributed by atoms with E-state index in [1.807, 2.05) is 12.1 Å². The van der Waals surface area contributed by atoms with Gasteiger partial charge >= 0.3 is 0 Å². The first-order valence-electron chi connectivity index (χ1n) is 5.33. The van der Waals surface area contributed by atoms with Crippen LogP contribution in [0.3, 0.4) is 0 Å². The van der Waals surface area contributed by atoms with Gasteiger partial charge in [-0.2, -0.15) is 0 Å². The first-order valence-corrected chi connectivity index (χ1v) is 6.21. The van der Waals surface area contributed by atoms with Crippen molar-refractivity contribution in [1.82, 2.24) is 0 Å². The molecule has 0 amide bonds. The standard InChI is InChI=1S/C13H16N2S/c1-9-5-6-11(14)12(8-9)15-10(2)13-4-3-7-16-13/h3-8,10,15H,14H2,1-2H3. The highest BCUT2D eigenvalue weighted by atomic mass is 32.1. The van der Waals surface area contributed by atoms with Gasteiger partial charge in [-0.05, 0) is 43.0 Å². The first-order chi connectivity index (χ1) is 7.66. The summed E-state index contributed by atoms with van der Waals surface area (Å²) in [4.78, 5) is 1.32. The lowest BCUT2D eigenvalue weighted by molar-refractivity contribution is 0.908. The van der Waals surface area contributed by atoms with Crippen molar-refractivity contribution in [3.63, 3.8) is 0 Å². The number of hydrogen-bond donors (Lipinski definition) is 2. The predicted octanol–water partition coefficient (Wildman–Crippen LogP) is 3.81. The summed E-state index contributed by atoms with van der Waals surface area (Å²) < 4.78 is 0. The lowest BCUT2D eigenvalue weighted by atomic mass is 10.1. The zero-order valence-corrected chi connectivity index (χ0v) is 10.3. The van der Waals surface area contributed by atoms with Crippen LogP contribution in [0.25, 0.3) is 0 Å². The Kier molecular flexibility index (Phi) is 3.15. The molecule has 16 heavy (non-hydrogen) atoms. The van der Waals surface area contributed by atoms with E-state index in [0.29, 0.717) is 6.04 Å². The molecule has 0 saturated heterocycles. The van der Waals surface area contributed by atoms with Gasteiger partial charge in [0, 0.05) is 4.88 Å². The quantitative estimate of drug-likeness (QED) is 0.790. The SMILES string of the molecule is Cc1ccc(N)c(NC(C)c2cccs2)c1. The molecule has 2 aromatic rings. The Bertz CT molecular complexity index is 463. The van der Waals surface area contributed by atoms with Crippen LogP contribution in [0.5, 0.6) is 0 Å². The zero-order chi connectivity index (χ0) is 11.5. The molecular weight excluding hydrogens is 216 g/mol. The minimum atomic E-state index is 0.295. The number of thiophene rings is 1. The minimum absolute atomic E-state index is 0.295. The van der Waals surface area contributed by atoms with Gasteiger partial charge in [-0.25, -0.2) is 0 Å². The third kappa shape index (κ3) is 2.36. The smallest absolute Gasteiger partial charge is 0.0581 e. The number of nitrogens with one attached hydrogen (secondary N) is 1. The van der Waals surface area contributed by atoms with E-state index < -0.39 is 0 Å². The van der Waals surface area contributed by atoms with Crippen molar-refractivity contribution < 1.29 is 0 Å². The molecule has 0 spiro atoms. The van der Waals surface area contributed by atoms with Gasteiger partial charge < -0.3 is 11.1 Å². The van der Waals surface area contributed by atoms with E-state index in [-0.39, 0.29) is 0 Å². The molecular formula is C13H16N2S. The number of aryl methyl sites for hydroxylation is 1. The summed E-state index contributed by atoms with van der Waals surface area (Å²) in [5.74, 6) is 0. The summed E-state index contributed by atoms with van der Waals surface area (Å²) in [5.41, 5.74) is 8.96. The molecule has 1 aromatic heterocycles. The van der Waals surface area contributed by atoms with Crippen molar-refractivity contribution in [3.8, 4) is 0 Å². The van der Waals surface area contributed by atoms with Crippen molar-refractivity contribution in [1.29, 1.82) is 0 Å². The molecule has 0 aliphatic rings. The first kappa shape index (κ1) is 11.0. The van der Waals surface area contributed by atoms with E-state index in [0.717, 1.165) is 11.4 Å². The molecule has 1 unspecified atom stereocenters. The highest BCUT2D eigenvalue weighted by Crippen LogP contribution is 2.27. The van der Waals surface area contributed by atoms with Crippen LogP contribution < -0.4 is 11.1 Å². The maximum Gasteiger partial charge on any atom is 0.0581 e. The minimum Gasteiger partial charge on any atom is -0.397 e. The zero-order valence-electron chi connectivity index (χ0n) is 9.53. The number of anilines is 2. The van der Waals surface area contributed by atoms with Crippen molar-refractivity contribution >= 4 is 22.7 Å². The maximum absolute atomic E-state index is 5.93. The molecule has 0 aliphatic heterocycles. The monoisotopic (exact) mass is 232 g/mol. The van der Waals surface area contributed by atoms with Gasteiger partial charge in [-0.1, -0.05) is 12.1 Å². The summed E-state index contributed by atoms with van der Waals surface area (Å²) in [6, 6.07) is 10.5. The second kappa shape index (κ2) is 4.58. The van der Waals surface area contributed by atoms with Crippen LogP contribution in [-0.2, 0) is 0 Å². The lowest BCUT2D eigenvalue weighted by Gasteiger charge is -2.16. The second-order valence-corrected chi connectivity index (χ2v) is 4.95. The molecule has 3 N–H and O–H groups in total. The summed E-state index contributed by atoms with van der Waals surface area (Å²) in [7, 11) is 0. The van der Waals surface area contributed by atoms with Crippen molar-refractivity contribution in [2.24, 2.45) is 0 Å². The van der Waals surface area contributed by atoms with Crippen molar-refractivity contribution in [2.75, 3.05) is 11.1 Å². The third-order valence-corrected chi connectivity index (χ3v) is 3.61. The predicted molar refractivity (Wildman–Crippen MR) is 71.9 cm³/mol. The number of rotatable bonds is 3. The summed E-state index contributed by atoms with van der Waals surface area (Å²) in [6.45, 7) is 4.22. The summed E-state index contributed by atoms with van der Waals surface area (Å²) >= 11 is 1.76. The van der Waals surface area contributed by atoms with Gasteiger partial charge in [0.25, 0.3) is 0 Å². The van der Waals surface area contributed by atoms with Crippen LogP contribution in [0.2, 0.25) is 0 Å². The highest BCUT2D eigenvalue weighted by Gasteiger charge is 2.07. The molecule has 2 rings (SSSR count). The van der Waals surface area contributed by atoms with E-state index in [1.165, 1.54) is 10.4 Å². The lowest BCUT2D eigenvalue weighted by Crippen LogP contribution is -2.07. The molecule has 0 bridgehead atoms. The number of benzene rings is 1. The number of hydrogen-bond acceptors (Lipinski definition) is 3.